The van der Waals surface area contributed by atoms with Crippen LogP contribution < -0.4 is 0 Å². The van der Waals surface area contributed by atoms with Gasteiger partial charge in [0.25, 0.3) is 0 Å². The molecule has 0 radical (unpaired) electrons. The molecule has 0 aliphatic rings. The molecule has 0 aromatic carbocycles. The largest absolute Gasteiger partial charge is 0.329 e. The van der Waals surface area contributed by atoms with Gasteiger partial charge in [0.1, 0.15) is 0 Å². The van der Waals surface area contributed by atoms with Crippen LogP contribution in [0.25, 0.3) is 5.65 Å². The zero-order chi connectivity index (χ0) is 13.4. The van der Waals surface area contributed by atoms with Crippen LogP contribution in [0.1, 0.15) is 5.69 Å². The third-order valence-electron chi connectivity index (χ3n) is 2.65. The lowest BCUT2D eigenvalue weighted by Gasteiger charge is -1.98. The summed E-state index contributed by atoms with van der Waals surface area (Å²) in [5.74, 6) is 0.737. The van der Waals surface area contributed by atoms with Crippen LogP contribution in [0, 0.1) is 0 Å². The smallest absolute Gasteiger partial charge is 0.168 e. The molecule has 0 N–H and O–H groups in total. The van der Waals surface area contributed by atoms with Gasteiger partial charge in [-0.05, 0) is 6.07 Å². The van der Waals surface area contributed by atoms with Crippen molar-refractivity contribution in [1.29, 1.82) is 0 Å². The summed E-state index contributed by atoms with van der Waals surface area (Å²) in [5.41, 5.74) is 1.67. The summed E-state index contributed by atoms with van der Waals surface area (Å²) in [4.78, 5) is 8.76. The predicted molar refractivity (Wildman–Crippen MR) is 78.0 cm³/mol. The minimum Gasteiger partial charge on any atom is -0.329 e. The summed E-state index contributed by atoms with van der Waals surface area (Å²) in [6.07, 6.45) is 7.43. The Morgan fingerprint density at radius 2 is 2.16 bits per heavy atom. The third-order valence-corrected chi connectivity index (χ3v) is 4.23. The highest BCUT2D eigenvalue weighted by molar-refractivity contribution is 7.98. The van der Waals surface area contributed by atoms with Crippen LogP contribution in [0.15, 0.2) is 36.0 Å². The van der Waals surface area contributed by atoms with Crippen LogP contribution in [0.3, 0.4) is 0 Å². The lowest BCUT2D eigenvalue weighted by Crippen LogP contribution is -1.89. The Balaban J connectivity index is 1.86. The van der Waals surface area contributed by atoms with E-state index >= 15 is 0 Å². The molecule has 3 rings (SSSR count). The Morgan fingerprint density at radius 3 is 2.89 bits per heavy atom. The molecule has 3 aromatic rings. The fourth-order valence-electron chi connectivity index (χ4n) is 1.77. The van der Waals surface area contributed by atoms with E-state index in [1.165, 1.54) is 0 Å². The molecule has 0 saturated carbocycles. The predicted octanol–water partition coefficient (Wildman–Crippen LogP) is 3.67. The van der Waals surface area contributed by atoms with Gasteiger partial charge in [-0.3, -0.25) is 0 Å². The first-order valence-corrected chi connectivity index (χ1v) is 7.30. The molecule has 3 aromatic heterocycles. The van der Waals surface area contributed by atoms with Crippen molar-refractivity contribution in [3.8, 4) is 0 Å². The zero-order valence-corrected chi connectivity index (χ0v) is 12.4. The van der Waals surface area contributed by atoms with Crippen LogP contribution in [-0.2, 0) is 12.8 Å². The number of hydrogen-bond acceptors (Lipinski definition) is 3. The Labute approximate surface area is 124 Å². The topological polar surface area (TPSA) is 35.1 Å². The van der Waals surface area contributed by atoms with E-state index in [-0.39, 0.29) is 0 Å². The number of hydrogen-bond donors (Lipinski definition) is 0. The molecule has 0 saturated heterocycles. The van der Waals surface area contributed by atoms with E-state index in [2.05, 4.69) is 9.97 Å². The molecular weight excluding hydrogens is 303 g/mol. The van der Waals surface area contributed by atoms with Gasteiger partial charge in [-0.2, -0.15) is 0 Å². The van der Waals surface area contributed by atoms with Crippen molar-refractivity contribution in [2.75, 3.05) is 0 Å². The molecule has 98 valence electrons. The standard InChI is InChI=1S/C12H10Cl2N4S/c1-17-3-2-15-12(17)19-7-9-6-18-5-8(13)4-10(14)11(18)16-9/h2-6H,7H2,1H3. The Hall–Kier alpha value is -1.17. The van der Waals surface area contributed by atoms with Gasteiger partial charge in [0, 0.05) is 37.6 Å². The van der Waals surface area contributed by atoms with Crippen molar-refractivity contribution in [3.63, 3.8) is 0 Å². The van der Waals surface area contributed by atoms with Crippen molar-refractivity contribution < 1.29 is 0 Å². The van der Waals surface area contributed by atoms with Gasteiger partial charge in [0.05, 0.1) is 15.7 Å². The van der Waals surface area contributed by atoms with Gasteiger partial charge in [-0.25, -0.2) is 9.97 Å². The Kier molecular flexibility index (Phi) is 3.43. The SMILES string of the molecule is Cn1ccnc1SCc1cn2cc(Cl)cc(Cl)c2n1. The fraction of sp³-hybridized carbons (Fsp3) is 0.167. The van der Waals surface area contributed by atoms with E-state index in [0.29, 0.717) is 10.0 Å². The van der Waals surface area contributed by atoms with E-state index in [4.69, 9.17) is 23.2 Å². The number of thioether (sulfide) groups is 1. The molecule has 19 heavy (non-hydrogen) atoms. The van der Waals surface area contributed by atoms with Gasteiger partial charge >= 0.3 is 0 Å². The number of halogens is 2. The number of aryl methyl sites for hydroxylation is 1. The van der Waals surface area contributed by atoms with Gasteiger partial charge in [0.15, 0.2) is 10.8 Å². The average molecular weight is 313 g/mol. The molecule has 4 nitrogen and oxygen atoms in total. The van der Waals surface area contributed by atoms with E-state index < -0.39 is 0 Å². The molecule has 0 fully saturated rings. The fourth-order valence-corrected chi connectivity index (χ4v) is 3.12. The molecule has 0 unspecified atom stereocenters. The van der Waals surface area contributed by atoms with E-state index in [9.17, 15) is 0 Å². The number of rotatable bonds is 3. The minimum atomic E-state index is 0.556. The summed E-state index contributed by atoms with van der Waals surface area (Å²) < 4.78 is 3.82. The third kappa shape index (κ3) is 2.59. The first-order chi connectivity index (χ1) is 9.13. The molecule has 7 heteroatoms. The first kappa shape index (κ1) is 12.8. The number of nitrogens with zero attached hydrogens (tertiary/aromatic N) is 4. The highest BCUT2D eigenvalue weighted by atomic mass is 35.5. The summed E-state index contributed by atoms with van der Waals surface area (Å²) in [5, 5.41) is 2.11. The lowest BCUT2D eigenvalue weighted by molar-refractivity contribution is 0.789. The van der Waals surface area contributed by atoms with E-state index in [0.717, 1.165) is 22.3 Å². The quantitative estimate of drug-likeness (QED) is 0.692. The van der Waals surface area contributed by atoms with Crippen LogP contribution >= 0.6 is 35.0 Å². The van der Waals surface area contributed by atoms with Crippen molar-refractivity contribution in [2.24, 2.45) is 7.05 Å². The molecule has 0 spiro atoms. The van der Waals surface area contributed by atoms with Crippen LogP contribution in [0.2, 0.25) is 10.0 Å². The minimum absolute atomic E-state index is 0.556. The second-order valence-electron chi connectivity index (χ2n) is 4.08. The molecule has 0 bridgehead atoms. The van der Waals surface area contributed by atoms with Crippen LogP contribution in [-0.4, -0.2) is 18.9 Å². The summed E-state index contributed by atoms with van der Waals surface area (Å²) in [7, 11) is 1.97. The summed E-state index contributed by atoms with van der Waals surface area (Å²) >= 11 is 13.7. The number of fused-ring (bicyclic) bond motifs is 1. The highest BCUT2D eigenvalue weighted by Crippen LogP contribution is 2.24. The molecule has 0 amide bonds. The monoisotopic (exact) mass is 312 g/mol. The maximum atomic E-state index is 6.11. The second-order valence-corrected chi connectivity index (χ2v) is 5.86. The van der Waals surface area contributed by atoms with Crippen molar-refractivity contribution >= 4 is 40.6 Å². The van der Waals surface area contributed by atoms with Crippen LogP contribution in [0.5, 0.6) is 0 Å². The van der Waals surface area contributed by atoms with Crippen LogP contribution in [0.4, 0.5) is 0 Å². The molecule has 0 aliphatic heterocycles. The Bertz CT molecular complexity index is 734. The Morgan fingerprint density at radius 1 is 1.32 bits per heavy atom. The van der Waals surface area contributed by atoms with Gasteiger partial charge in [-0.1, -0.05) is 35.0 Å². The maximum absolute atomic E-state index is 6.11. The zero-order valence-electron chi connectivity index (χ0n) is 10.0. The lowest BCUT2D eigenvalue weighted by atomic mass is 10.5. The van der Waals surface area contributed by atoms with Crippen molar-refractivity contribution in [1.82, 2.24) is 18.9 Å². The number of pyridine rings is 1. The van der Waals surface area contributed by atoms with Gasteiger partial charge in [-0.15, -0.1) is 0 Å². The number of imidazole rings is 2. The summed E-state index contributed by atoms with van der Waals surface area (Å²) in [6.45, 7) is 0. The molecule has 3 heterocycles. The maximum Gasteiger partial charge on any atom is 0.168 e. The molecule has 0 atom stereocenters. The normalized spacial score (nSPS) is 11.3. The number of aromatic nitrogens is 4. The first-order valence-electron chi connectivity index (χ1n) is 5.56. The average Bonchev–Trinajstić information content (AvgIpc) is 2.92. The van der Waals surface area contributed by atoms with Gasteiger partial charge < -0.3 is 8.97 Å². The van der Waals surface area contributed by atoms with E-state index in [1.807, 2.05) is 28.4 Å². The summed E-state index contributed by atoms with van der Waals surface area (Å²) in [6, 6.07) is 1.70. The highest BCUT2D eigenvalue weighted by Gasteiger charge is 2.08. The molecular formula is C12H10Cl2N4S. The second kappa shape index (κ2) is 5.07. The van der Waals surface area contributed by atoms with Gasteiger partial charge in [0.2, 0.25) is 0 Å². The molecule has 0 aliphatic carbocycles. The van der Waals surface area contributed by atoms with E-state index in [1.54, 1.807) is 30.2 Å². The van der Waals surface area contributed by atoms with Crippen molar-refractivity contribution in [2.45, 2.75) is 10.9 Å². The van der Waals surface area contributed by atoms with Crippen molar-refractivity contribution in [3.05, 3.63) is 46.6 Å².